The van der Waals surface area contributed by atoms with E-state index < -0.39 is 10.0 Å². The Hall–Kier alpha value is -5.16. The van der Waals surface area contributed by atoms with Crippen LogP contribution in [-0.2, 0) is 16.8 Å². The molecule has 43 heavy (non-hydrogen) atoms. The third-order valence-corrected chi connectivity index (χ3v) is 8.98. The number of ether oxygens (including phenoxy) is 1. The van der Waals surface area contributed by atoms with Gasteiger partial charge in [-0.2, -0.15) is 0 Å². The molecule has 6 aromatic rings. The highest BCUT2D eigenvalue weighted by atomic mass is 32.2. The highest BCUT2D eigenvalue weighted by Gasteiger charge is 2.28. The SMILES string of the molecule is CNC(=O)c1c(-c2ccc(C)cc2)oc2cc(N(C)S(C)(=O)=O)c(-c3ccc4c(n3)-c3cc5cccnc5n3CO4)cc12. The van der Waals surface area contributed by atoms with Gasteiger partial charge in [-0.3, -0.25) is 13.7 Å². The molecule has 0 saturated heterocycles. The number of fused-ring (bicyclic) bond motifs is 6. The van der Waals surface area contributed by atoms with Gasteiger partial charge in [0, 0.05) is 48.3 Å². The Balaban J connectivity index is 1.49. The Labute approximate surface area is 247 Å². The molecule has 10 nitrogen and oxygen atoms in total. The third-order valence-electron chi connectivity index (χ3n) is 7.79. The number of hydrogen-bond donors (Lipinski definition) is 1. The molecule has 7 rings (SSSR count). The summed E-state index contributed by atoms with van der Waals surface area (Å²) in [5.41, 5.74) is 6.11. The predicted molar refractivity (Wildman–Crippen MR) is 166 cm³/mol. The highest BCUT2D eigenvalue weighted by Crippen LogP contribution is 2.43. The first-order chi connectivity index (χ1) is 20.6. The van der Waals surface area contributed by atoms with Crippen molar-refractivity contribution in [3.63, 3.8) is 0 Å². The molecular formula is C32H27N5O5S. The lowest BCUT2D eigenvalue weighted by Gasteiger charge is -2.23. The number of benzene rings is 2. The number of nitrogens with one attached hydrogen (secondary N) is 1. The lowest BCUT2D eigenvalue weighted by atomic mass is 10.00. The molecule has 4 aromatic heterocycles. The average molecular weight is 594 g/mol. The van der Waals surface area contributed by atoms with Crippen molar-refractivity contribution in [2.24, 2.45) is 0 Å². The topological polar surface area (TPSA) is 120 Å². The highest BCUT2D eigenvalue weighted by molar-refractivity contribution is 7.92. The minimum Gasteiger partial charge on any atom is -0.470 e. The van der Waals surface area contributed by atoms with E-state index in [1.165, 1.54) is 11.4 Å². The van der Waals surface area contributed by atoms with Crippen LogP contribution in [0.25, 0.3) is 56.0 Å². The maximum atomic E-state index is 13.3. The number of carbonyl (C=O) groups is 1. The van der Waals surface area contributed by atoms with Crippen molar-refractivity contribution in [2.45, 2.75) is 13.7 Å². The molecule has 0 saturated carbocycles. The Morgan fingerprint density at radius 3 is 2.60 bits per heavy atom. The van der Waals surface area contributed by atoms with E-state index in [2.05, 4.69) is 10.3 Å². The molecule has 0 fully saturated rings. The van der Waals surface area contributed by atoms with Gasteiger partial charge in [-0.15, -0.1) is 0 Å². The van der Waals surface area contributed by atoms with Crippen LogP contribution in [0, 0.1) is 6.92 Å². The molecule has 0 spiro atoms. The maximum absolute atomic E-state index is 13.3. The van der Waals surface area contributed by atoms with E-state index in [0.29, 0.717) is 57.4 Å². The van der Waals surface area contributed by atoms with Gasteiger partial charge in [0.15, 0.2) is 6.73 Å². The summed E-state index contributed by atoms with van der Waals surface area (Å²) < 4.78 is 41.1. The Morgan fingerprint density at radius 1 is 1.07 bits per heavy atom. The fourth-order valence-electron chi connectivity index (χ4n) is 5.48. The van der Waals surface area contributed by atoms with E-state index in [1.807, 2.05) is 60.0 Å². The number of anilines is 1. The van der Waals surface area contributed by atoms with Gasteiger partial charge in [-0.05, 0) is 43.3 Å². The average Bonchev–Trinajstić information content (AvgIpc) is 3.58. The standard InChI is InChI=1S/C32H27N5O5S/c1-18-7-9-19(10-8-18)30-28(32(38)33-2)22-15-21(24(16-27(22)42-30)36(3)43(4,39)40)23-11-12-26-29(35-23)25-14-20-6-5-13-34-31(20)37(25)17-41-26/h5-16H,17H2,1-4H3,(H,33,38). The Kier molecular flexibility index (Phi) is 6.03. The van der Waals surface area contributed by atoms with Gasteiger partial charge >= 0.3 is 0 Å². The van der Waals surface area contributed by atoms with Crippen molar-refractivity contribution < 1.29 is 22.4 Å². The van der Waals surface area contributed by atoms with Crippen LogP contribution < -0.4 is 14.4 Å². The number of furan rings is 1. The minimum absolute atomic E-state index is 0.296. The lowest BCUT2D eigenvalue weighted by Crippen LogP contribution is -2.25. The number of amides is 1. The van der Waals surface area contributed by atoms with Gasteiger partial charge in [0.05, 0.1) is 28.9 Å². The van der Waals surface area contributed by atoms with Crippen molar-refractivity contribution in [2.75, 3.05) is 24.7 Å². The van der Waals surface area contributed by atoms with Gasteiger partial charge in [0.1, 0.15) is 28.4 Å². The summed E-state index contributed by atoms with van der Waals surface area (Å²) in [5, 5.41) is 4.21. The smallest absolute Gasteiger partial charge is 0.255 e. The second kappa shape index (κ2) is 9.70. The molecule has 5 heterocycles. The number of sulfonamides is 1. The van der Waals surface area contributed by atoms with Gasteiger partial charge < -0.3 is 14.5 Å². The number of rotatable bonds is 5. The van der Waals surface area contributed by atoms with Crippen molar-refractivity contribution >= 4 is 43.6 Å². The van der Waals surface area contributed by atoms with Crippen LogP contribution in [0.5, 0.6) is 5.75 Å². The second-order valence-corrected chi connectivity index (χ2v) is 12.6. The monoisotopic (exact) mass is 593 g/mol. The third kappa shape index (κ3) is 4.31. The largest absolute Gasteiger partial charge is 0.470 e. The lowest BCUT2D eigenvalue weighted by molar-refractivity contribution is 0.0964. The molecule has 0 bridgehead atoms. The summed E-state index contributed by atoms with van der Waals surface area (Å²) in [6, 6.07) is 20.6. The number of aryl methyl sites for hydroxylation is 1. The molecule has 1 amide bonds. The van der Waals surface area contributed by atoms with Crippen molar-refractivity contribution in [1.29, 1.82) is 0 Å². The van der Waals surface area contributed by atoms with Crippen LogP contribution in [0.1, 0.15) is 15.9 Å². The second-order valence-electron chi connectivity index (χ2n) is 10.5. The first kappa shape index (κ1) is 26.7. The van der Waals surface area contributed by atoms with Crippen LogP contribution in [0.4, 0.5) is 5.69 Å². The first-order valence-electron chi connectivity index (χ1n) is 13.6. The van der Waals surface area contributed by atoms with Crippen LogP contribution in [0.15, 0.2) is 77.3 Å². The summed E-state index contributed by atoms with van der Waals surface area (Å²) in [6.07, 6.45) is 2.87. The zero-order valence-electron chi connectivity index (χ0n) is 23.9. The van der Waals surface area contributed by atoms with E-state index in [4.69, 9.17) is 14.1 Å². The van der Waals surface area contributed by atoms with Gasteiger partial charge in [0.25, 0.3) is 5.91 Å². The predicted octanol–water partition coefficient (Wildman–Crippen LogP) is 5.59. The molecule has 0 radical (unpaired) electrons. The van der Waals surface area contributed by atoms with E-state index in [1.54, 1.807) is 31.4 Å². The van der Waals surface area contributed by atoms with Crippen LogP contribution in [0.3, 0.4) is 0 Å². The summed E-state index contributed by atoms with van der Waals surface area (Å²) >= 11 is 0. The fraction of sp³-hybridized carbons (Fsp3) is 0.156. The molecule has 1 N–H and O–H groups in total. The normalized spacial score (nSPS) is 12.6. The van der Waals surface area contributed by atoms with Crippen molar-refractivity contribution in [1.82, 2.24) is 19.9 Å². The maximum Gasteiger partial charge on any atom is 0.255 e. The minimum atomic E-state index is -3.67. The number of carbonyl (C=O) groups excluding carboxylic acids is 1. The Bertz CT molecular complexity index is 2200. The van der Waals surface area contributed by atoms with Gasteiger partial charge in [0.2, 0.25) is 10.0 Å². The van der Waals surface area contributed by atoms with E-state index in [-0.39, 0.29) is 5.91 Å². The molecule has 0 atom stereocenters. The Morgan fingerprint density at radius 2 is 1.86 bits per heavy atom. The molecular weight excluding hydrogens is 566 g/mol. The molecule has 1 aliphatic rings. The molecule has 11 heteroatoms. The molecule has 216 valence electrons. The van der Waals surface area contributed by atoms with E-state index >= 15 is 0 Å². The quantitative estimate of drug-likeness (QED) is 0.277. The molecule has 2 aromatic carbocycles. The van der Waals surface area contributed by atoms with Gasteiger partial charge in [-0.1, -0.05) is 29.8 Å². The van der Waals surface area contributed by atoms with Gasteiger partial charge in [-0.25, -0.2) is 18.4 Å². The fourth-order valence-corrected chi connectivity index (χ4v) is 5.99. The zero-order valence-corrected chi connectivity index (χ0v) is 24.7. The van der Waals surface area contributed by atoms with Crippen LogP contribution in [-0.4, -0.2) is 49.2 Å². The van der Waals surface area contributed by atoms with Crippen LogP contribution in [0.2, 0.25) is 0 Å². The van der Waals surface area contributed by atoms with Crippen LogP contribution >= 0.6 is 0 Å². The van der Waals surface area contributed by atoms with Crippen molar-refractivity contribution in [3.05, 3.63) is 84.1 Å². The summed E-state index contributed by atoms with van der Waals surface area (Å²) in [7, 11) is -0.630. The molecule has 0 aliphatic carbocycles. The van der Waals surface area contributed by atoms with E-state index in [9.17, 15) is 13.2 Å². The molecule has 1 aliphatic heterocycles. The number of nitrogens with zero attached hydrogens (tertiary/aromatic N) is 4. The number of aromatic nitrogens is 3. The summed E-state index contributed by atoms with van der Waals surface area (Å²) in [5.74, 6) is 0.672. The van der Waals surface area contributed by atoms with E-state index in [0.717, 1.165) is 34.1 Å². The zero-order chi connectivity index (χ0) is 30.0. The number of hydrogen-bond acceptors (Lipinski definition) is 7. The summed E-state index contributed by atoms with van der Waals surface area (Å²) in [4.78, 5) is 22.8. The summed E-state index contributed by atoms with van der Waals surface area (Å²) in [6.45, 7) is 2.28. The first-order valence-corrected chi connectivity index (χ1v) is 15.4. The molecule has 0 unspecified atom stereocenters. The van der Waals surface area contributed by atoms with Crippen molar-refractivity contribution in [3.8, 4) is 39.7 Å². The number of pyridine rings is 2.